The van der Waals surface area contributed by atoms with Crippen LogP contribution in [0.25, 0.3) is 0 Å². The van der Waals surface area contributed by atoms with Crippen LogP contribution in [-0.2, 0) is 9.59 Å². The van der Waals surface area contributed by atoms with E-state index in [1.54, 1.807) is 0 Å². The van der Waals surface area contributed by atoms with Gasteiger partial charge in [-0.05, 0) is 12.8 Å². The van der Waals surface area contributed by atoms with Crippen LogP contribution in [0.2, 0.25) is 0 Å². The summed E-state index contributed by atoms with van der Waals surface area (Å²) < 4.78 is 0. The van der Waals surface area contributed by atoms with E-state index in [-0.39, 0.29) is 23.7 Å². The van der Waals surface area contributed by atoms with Gasteiger partial charge >= 0.3 is 0 Å². The van der Waals surface area contributed by atoms with Gasteiger partial charge in [-0.2, -0.15) is 0 Å². The molecule has 0 bridgehead atoms. The molecule has 1 fully saturated rings. The zero-order valence-corrected chi connectivity index (χ0v) is 8.30. The molecule has 1 unspecified atom stereocenters. The Kier molecular flexibility index (Phi) is 3.46. The van der Waals surface area contributed by atoms with Gasteiger partial charge in [-0.15, -0.1) is 0 Å². The molecule has 1 N–H and O–H groups in total. The first-order valence-corrected chi connectivity index (χ1v) is 4.91. The number of amides is 1. The molecular formula is C10H17NO2. The topological polar surface area (TPSA) is 46.2 Å². The van der Waals surface area contributed by atoms with Gasteiger partial charge in [0.2, 0.25) is 5.91 Å². The zero-order valence-electron chi connectivity index (χ0n) is 8.30. The van der Waals surface area contributed by atoms with Gasteiger partial charge in [-0.25, -0.2) is 0 Å². The van der Waals surface area contributed by atoms with Crippen molar-refractivity contribution in [2.24, 2.45) is 5.92 Å². The van der Waals surface area contributed by atoms with Crippen molar-refractivity contribution in [2.45, 2.75) is 45.6 Å². The SMILES string of the molecule is CC(C)C(=O)NC1CCCC(=O)C1. The third-order valence-corrected chi connectivity index (χ3v) is 2.35. The molecule has 1 atom stereocenters. The Balaban J connectivity index is 2.36. The molecule has 0 heterocycles. The van der Waals surface area contributed by atoms with Gasteiger partial charge in [0.25, 0.3) is 0 Å². The van der Waals surface area contributed by atoms with E-state index >= 15 is 0 Å². The molecular weight excluding hydrogens is 166 g/mol. The highest BCUT2D eigenvalue weighted by Crippen LogP contribution is 2.14. The Bertz CT molecular complexity index is 211. The first kappa shape index (κ1) is 10.2. The van der Waals surface area contributed by atoms with Crippen molar-refractivity contribution in [3.05, 3.63) is 0 Å². The van der Waals surface area contributed by atoms with Crippen LogP contribution in [0.4, 0.5) is 0 Å². The molecule has 0 aromatic heterocycles. The molecule has 3 heteroatoms. The second-order valence-electron chi connectivity index (χ2n) is 4.00. The number of carbonyl (C=O) groups excluding carboxylic acids is 2. The highest BCUT2D eigenvalue weighted by Gasteiger charge is 2.21. The van der Waals surface area contributed by atoms with E-state index < -0.39 is 0 Å². The van der Waals surface area contributed by atoms with Gasteiger partial charge in [-0.3, -0.25) is 9.59 Å². The number of nitrogens with one attached hydrogen (secondary N) is 1. The van der Waals surface area contributed by atoms with E-state index in [1.165, 1.54) is 0 Å². The standard InChI is InChI=1S/C10H17NO2/c1-7(2)10(13)11-8-4-3-5-9(12)6-8/h7-8H,3-6H2,1-2H3,(H,11,13). The lowest BCUT2D eigenvalue weighted by Crippen LogP contribution is -2.40. The molecule has 1 rings (SSSR count). The molecule has 13 heavy (non-hydrogen) atoms. The van der Waals surface area contributed by atoms with Crippen molar-refractivity contribution in [1.82, 2.24) is 5.32 Å². The Labute approximate surface area is 78.9 Å². The number of hydrogen-bond acceptors (Lipinski definition) is 2. The first-order chi connectivity index (χ1) is 6.09. The van der Waals surface area contributed by atoms with E-state index in [0.717, 1.165) is 12.8 Å². The average Bonchev–Trinajstić information content (AvgIpc) is 2.04. The van der Waals surface area contributed by atoms with E-state index in [0.29, 0.717) is 12.8 Å². The summed E-state index contributed by atoms with van der Waals surface area (Å²) in [5.74, 6) is 0.344. The normalized spacial score (nSPS) is 23.3. The maximum absolute atomic E-state index is 11.3. The van der Waals surface area contributed by atoms with Crippen LogP contribution in [0.5, 0.6) is 0 Å². The molecule has 0 radical (unpaired) electrons. The molecule has 74 valence electrons. The Morgan fingerprint density at radius 1 is 1.54 bits per heavy atom. The molecule has 1 saturated carbocycles. The Hall–Kier alpha value is -0.860. The summed E-state index contributed by atoms with van der Waals surface area (Å²) in [7, 11) is 0. The van der Waals surface area contributed by atoms with Crippen LogP contribution < -0.4 is 5.32 Å². The van der Waals surface area contributed by atoms with Crippen molar-refractivity contribution in [1.29, 1.82) is 0 Å². The fraction of sp³-hybridized carbons (Fsp3) is 0.800. The summed E-state index contributed by atoms with van der Waals surface area (Å²) >= 11 is 0. The smallest absolute Gasteiger partial charge is 0.222 e. The van der Waals surface area contributed by atoms with Crippen molar-refractivity contribution >= 4 is 11.7 Å². The first-order valence-electron chi connectivity index (χ1n) is 4.91. The lowest BCUT2D eigenvalue weighted by atomic mass is 9.94. The van der Waals surface area contributed by atoms with E-state index in [1.807, 2.05) is 13.8 Å². The quantitative estimate of drug-likeness (QED) is 0.700. The lowest BCUT2D eigenvalue weighted by Gasteiger charge is -2.22. The van der Waals surface area contributed by atoms with E-state index in [9.17, 15) is 9.59 Å². The van der Waals surface area contributed by atoms with Crippen molar-refractivity contribution in [3.8, 4) is 0 Å². The Morgan fingerprint density at radius 3 is 2.77 bits per heavy atom. The van der Waals surface area contributed by atoms with Gasteiger partial charge in [-0.1, -0.05) is 13.8 Å². The number of Topliss-reactive ketones (excluding diaryl/α,β-unsaturated/α-hetero) is 1. The van der Waals surface area contributed by atoms with Crippen molar-refractivity contribution in [3.63, 3.8) is 0 Å². The highest BCUT2D eigenvalue weighted by molar-refractivity contribution is 5.82. The molecule has 1 aliphatic rings. The predicted molar refractivity (Wildman–Crippen MR) is 50.2 cm³/mol. The molecule has 1 aliphatic carbocycles. The van der Waals surface area contributed by atoms with Crippen LogP contribution in [0.15, 0.2) is 0 Å². The van der Waals surface area contributed by atoms with Crippen LogP contribution in [0, 0.1) is 5.92 Å². The number of ketones is 1. The minimum Gasteiger partial charge on any atom is -0.353 e. The molecule has 3 nitrogen and oxygen atoms in total. The molecule has 0 aromatic rings. The number of rotatable bonds is 2. The summed E-state index contributed by atoms with van der Waals surface area (Å²) in [6.07, 6.45) is 3.08. The fourth-order valence-electron chi connectivity index (χ4n) is 1.52. The van der Waals surface area contributed by atoms with Crippen LogP contribution in [0.3, 0.4) is 0 Å². The van der Waals surface area contributed by atoms with Gasteiger partial charge < -0.3 is 5.32 Å². The van der Waals surface area contributed by atoms with Gasteiger partial charge in [0.1, 0.15) is 5.78 Å². The van der Waals surface area contributed by atoms with E-state index in [4.69, 9.17) is 0 Å². The molecule has 0 spiro atoms. The van der Waals surface area contributed by atoms with Gasteiger partial charge in [0, 0.05) is 24.8 Å². The second kappa shape index (κ2) is 4.40. The summed E-state index contributed by atoms with van der Waals surface area (Å²) in [6.45, 7) is 3.72. The van der Waals surface area contributed by atoms with Gasteiger partial charge in [0.15, 0.2) is 0 Å². The largest absolute Gasteiger partial charge is 0.353 e. The van der Waals surface area contributed by atoms with Crippen LogP contribution >= 0.6 is 0 Å². The van der Waals surface area contributed by atoms with Crippen molar-refractivity contribution < 1.29 is 9.59 Å². The van der Waals surface area contributed by atoms with Crippen LogP contribution in [0.1, 0.15) is 39.5 Å². The van der Waals surface area contributed by atoms with Crippen molar-refractivity contribution in [2.75, 3.05) is 0 Å². The monoisotopic (exact) mass is 183 g/mol. The minimum atomic E-state index is 0.0111. The van der Waals surface area contributed by atoms with Gasteiger partial charge in [0.05, 0.1) is 0 Å². The summed E-state index contributed by atoms with van der Waals surface area (Å²) in [5.41, 5.74) is 0. The summed E-state index contributed by atoms with van der Waals surface area (Å²) in [6, 6.07) is 0.0937. The highest BCUT2D eigenvalue weighted by atomic mass is 16.2. The lowest BCUT2D eigenvalue weighted by molar-refractivity contribution is -0.126. The second-order valence-corrected chi connectivity index (χ2v) is 4.00. The molecule has 0 saturated heterocycles. The molecule has 0 aromatic carbocycles. The summed E-state index contributed by atoms with van der Waals surface area (Å²) in [4.78, 5) is 22.4. The van der Waals surface area contributed by atoms with E-state index in [2.05, 4.69) is 5.32 Å². The fourth-order valence-corrected chi connectivity index (χ4v) is 1.52. The maximum Gasteiger partial charge on any atom is 0.222 e. The zero-order chi connectivity index (χ0) is 9.84. The third-order valence-electron chi connectivity index (χ3n) is 2.35. The minimum absolute atomic E-state index is 0.0111. The molecule has 1 amide bonds. The Morgan fingerprint density at radius 2 is 2.23 bits per heavy atom. The maximum atomic E-state index is 11.3. The average molecular weight is 183 g/mol. The number of hydrogen-bond donors (Lipinski definition) is 1. The number of carbonyl (C=O) groups is 2. The predicted octanol–water partition coefficient (Wildman–Crippen LogP) is 1.27. The third kappa shape index (κ3) is 3.17. The molecule has 0 aliphatic heterocycles. The summed E-state index contributed by atoms with van der Waals surface area (Å²) in [5, 5.41) is 2.89. The van der Waals surface area contributed by atoms with Crippen LogP contribution in [-0.4, -0.2) is 17.7 Å².